The van der Waals surface area contributed by atoms with Crippen molar-refractivity contribution in [2.24, 2.45) is 0 Å². The Kier molecular flexibility index (Phi) is 6.76. The van der Waals surface area contributed by atoms with Crippen LogP contribution in [0.3, 0.4) is 0 Å². The van der Waals surface area contributed by atoms with Gasteiger partial charge in [0.2, 0.25) is 11.9 Å². The van der Waals surface area contributed by atoms with Gasteiger partial charge in [0.05, 0.1) is 23.2 Å². The number of aromatic nitrogens is 4. The molecule has 0 saturated heterocycles. The molecule has 0 bridgehead atoms. The molecule has 6 aromatic rings. The monoisotopic (exact) mass is 573 g/mol. The van der Waals surface area contributed by atoms with Crippen molar-refractivity contribution in [3.05, 3.63) is 119 Å². The first-order valence-corrected chi connectivity index (χ1v) is 14.0. The highest BCUT2D eigenvalue weighted by Gasteiger charge is 2.19. The maximum absolute atomic E-state index is 12.7. The number of fused-ring (bicyclic) bond motifs is 1. The van der Waals surface area contributed by atoms with Crippen LogP contribution < -0.4 is 16.3 Å². The lowest BCUT2D eigenvalue weighted by Crippen LogP contribution is -2.13. The number of thiophene rings is 1. The van der Waals surface area contributed by atoms with Gasteiger partial charge in [0, 0.05) is 45.4 Å². The van der Waals surface area contributed by atoms with E-state index >= 15 is 0 Å². The lowest BCUT2D eigenvalue weighted by atomic mass is 10.0. The van der Waals surface area contributed by atoms with Crippen LogP contribution in [0.5, 0.6) is 0 Å². The summed E-state index contributed by atoms with van der Waals surface area (Å²) in [7, 11) is 0. The number of pyridine rings is 1. The van der Waals surface area contributed by atoms with Crippen LogP contribution in [0.2, 0.25) is 0 Å². The van der Waals surface area contributed by atoms with Crippen LogP contribution in [0.4, 0.5) is 17.3 Å². The van der Waals surface area contributed by atoms with Gasteiger partial charge in [0.25, 0.3) is 0 Å². The Morgan fingerprint density at radius 2 is 1.83 bits per heavy atom. The number of nitrogens with one attached hydrogen (secondary N) is 3. The third-order valence-corrected chi connectivity index (χ3v) is 7.43. The molecule has 5 heterocycles. The largest absolute Gasteiger partial charge is 0.377 e. The molecule has 206 valence electrons. The van der Waals surface area contributed by atoms with Crippen molar-refractivity contribution >= 4 is 45.8 Å². The second-order valence-corrected chi connectivity index (χ2v) is 10.4. The van der Waals surface area contributed by atoms with E-state index in [0.29, 0.717) is 29.5 Å². The van der Waals surface area contributed by atoms with Crippen molar-refractivity contribution < 1.29 is 14.5 Å². The van der Waals surface area contributed by atoms with Gasteiger partial charge < -0.3 is 20.3 Å². The van der Waals surface area contributed by atoms with Gasteiger partial charge in [-0.25, -0.2) is 14.5 Å². The van der Waals surface area contributed by atoms with Crippen molar-refractivity contribution in [1.82, 2.24) is 25.2 Å². The van der Waals surface area contributed by atoms with Crippen molar-refractivity contribution in [2.75, 3.05) is 10.6 Å². The van der Waals surface area contributed by atoms with Gasteiger partial charge in [0.15, 0.2) is 12.0 Å². The normalized spacial score (nSPS) is 12.4. The summed E-state index contributed by atoms with van der Waals surface area (Å²) in [5.41, 5.74) is 8.69. The maximum Gasteiger partial charge on any atom is 0.229 e. The van der Waals surface area contributed by atoms with E-state index in [1.54, 1.807) is 17.5 Å². The third-order valence-electron chi connectivity index (χ3n) is 6.56. The molecule has 1 amide bonds. The zero-order valence-corrected chi connectivity index (χ0v) is 22.8. The second-order valence-electron chi connectivity index (χ2n) is 9.40. The number of carbonyl (C=O) groups excluding carboxylic acids is 1. The number of carbonyl (C=O) groups is 1. The van der Waals surface area contributed by atoms with Gasteiger partial charge >= 0.3 is 0 Å². The number of nitrogens with zero attached hydrogens (tertiary/aromatic N) is 4. The van der Waals surface area contributed by atoms with Crippen molar-refractivity contribution in [3.8, 4) is 22.5 Å². The Morgan fingerprint density at radius 3 is 2.69 bits per heavy atom. The minimum Gasteiger partial charge on any atom is -0.377 e. The van der Waals surface area contributed by atoms with Gasteiger partial charge in [-0.15, -0.1) is 11.3 Å². The highest BCUT2D eigenvalue weighted by atomic mass is 32.1. The Hall–Kier alpha value is -5.52. The average Bonchev–Trinajstić information content (AvgIpc) is 3.79. The van der Waals surface area contributed by atoms with E-state index in [0.717, 1.165) is 38.5 Å². The van der Waals surface area contributed by atoms with Crippen LogP contribution in [-0.2, 0) is 20.9 Å². The van der Waals surface area contributed by atoms with Crippen molar-refractivity contribution in [2.45, 2.75) is 6.42 Å². The molecule has 3 N–H and O–H groups in total. The van der Waals surface area contributed by atoms with Crippen LogP contribution >= 0.6 is 11.3 Å². The van der Waals surface area contributed by atoms with E-state index in [2.05, 4.69) is 21.3 Å². The predicted molar refractivity (Wildman–Crippen MR) is 161 cm³/mol. The fourth-order valence-electron chi connectivity index (χ4n) is 4.71. The molecular formula is C31H23N7O3S. The van der Waals surface area contributed by atoms with E-state index in [1.807, 2.05) is 101 Å². The number of anilines is 3. The van der Waals surface area contributed by atoms with Gasteiger partial charge in [-0.1, -0.05) is 36.4 Å². The van der Waals surface area contributed by atoms with Crippen LogP contribution in [0.1, 0.15) is 10.4 Å². The minimum absolute atomic E-state index is 0.0695. The van der Waals surface area contributed by atoms with Crippen LogP contribution in [0.25, 0.3) is 33.8 Å². The zero-order valence-electron chi connectivity index (χ0n) is 22.0. The lowest BCUT2D eigenvalue weighted by molar-refractivity contribution is -0.115. The molecule has 0 atom stereocenters. The molecule has 11 heteroatoms. The third kappa shape index (κ3) is 5.29. The molecule has 0 fully saturated rings. The summed E-state index contributed by atoms with van der Waals surface area (Å²) in [6, 6.07) is 27.0. The molecular weight excluding hydrogens is 550 g/mol. The summed E-state index contributed by atoms with van der Waals surface area (Å²) >= 11 is 1.57. The summed E-state index contributed by atoms with van der Waals surface area (Å²) in [6.07, 6.45) is 5.44. The Balaban J connectivity index is 1.21. The lowest BCUT2D eigenvalue weighted by Gasteiger charge is -2.10. The molecule has 7 rings (SSSR count). The maximum atomic E-state index is 12.7. The van der Waals surface area contributed by atoms with E-state index in [4.69, 9.17) is 19.8 Å². The fourth-order valence-corrected chi connectivity index (χ4v) is 5.41. The Labute approximate surface area is 244 Å². The molecule has 0 saturated carbocycles. The predicted octanol–water partition coefficient (Wildman–Crippen LogP) is 6.21. The number of hydrogen-bond donors (Lipinski definition) is 3. The molecule has 10 nitrogen and oxygen atoms in total. The number of benzene rings is 2. The average molecular weight is 574 g/mol. The molecule has 0 spiro atoms. The SMILES string of the molecule is O=C(Cc1cccs1)Nc1cccc(-c2nn3ccccc3c2-c2ccnc(Nc3cccc(C4=CONO4)c3)n2)c1. The Morgan fingerprint density at radius 1 is 0.952 bits per heavy atom. The Bertz CT molecular complexity index is 1930. The summed E-state index contributed by atoms with van der Waals surface area (Å²) in [6.45, 7) is 0. The summed E-state index contributed by atoms with van der Waals surface area (Å²) in [4.78, 5) is 33.2. The molecule has 42 heavy (non-hydrogen) atoms. The first-order chi connectivity index (χ1) is 20.7. The highest BCUT2D eigenvalue weighted by Crippen LogP contribution is 2.35. The van der Waals surface area contributed by atoms with E-state index in [-0.39, 0.29) is 5.91 Å². The molecule has 0 radical (unpaired) electrons. The summed E-state index contributed by atoms with van der Waals surface area (Å²) in [5.74, 6) is 0.922. The second kappa shape index (κ2) is 11.2. The smallest absolute Gasteiger partial charge is 0.229 e. The van der Waals surface area contributed by atoms with E-state index < -0.39 is 0 Å². The van der Waals surface area contributed by atoms with Crippen LogP contribution in [0, 0.1) is 0 Å². The van der Waals surface area contributed by atoms with Crippen molar-refractivity contribution in [3.63, 3.8) is 0 Å². The van der Waals surface area contributed by atoms with Gasteiger partial charge in [-0.2, -0.15) is 5.10 Å². The molecule has 0 unspecified atom stereocenters. The quantitative estimate of drug-likeness (QED) is 0.197. The molecule has 2 aromatic carbocycles. The molecule has 0 aliphatic carbocycles. The zero-order chi connectivity index (χ0) is 28.3. The fraction of sp³-hybridized carbons (Fsp3) is 0.0323. The van der Waals surface area contributed by atoms with Gasteiger partial charge in [0.1, 0.15) is 5.69 Å². The first kappa shape index (κ1) is 25.4. The number of rotatable bonds is 8. The standard InChI is InChI=1S/C31H23N7O3S/c39-28(18-24-10-5-15-42-24)33-22-8-4-7-21(17-22)30-29(26-11-1-2-14-38(26)36-30)25-12-13-32-31(35-25)34-23-9-3-6-20(16-23)27-19-40-37-41-27/h1-17,19,37H,18H2,(H,33,39)(H,32,34,35). The first-order valence-electron chi connectivity index (χ1n) is 13.1. The summed E-state index contributed by atoms with van der Waals surface area (Å²) in [5, 5.41) is 13.2. The van der Waals surface area contributed by atoms with E-state index in [9.17, 15) is 4.79 Å². The van der Waals surface area contributed by atoms with Gasteiger partial charge in [-0.05, 0) is 53.9 Å². The van der Waals surface area contributed by atoms with Crippen molar-refractivity contribution in [1.29, 1.82) is 0 Å². The number of amides is 1. The van der Waals surface area contributed by atoms with Crippen LogP contribution in [0.15, 0.2) is 109 Å². The summed E-state index contributed by atoms with van der Waals surface area (Å²) < 4.78 is 1.83. The molecule has 1 aliphatic rings. The molecule has 4 aromatic heterocycles. The van der Waals surface area contributed by atoms with Crippen LogP contribution in [-0.4, -0.2) is 25.5 Å². The van der Waals surface area contributed by atoms with E-state index in [1.165, 1.54) is 6.26 Å². The number of hydrogen-bond acceptors (Lipinski definition) is 9. The molecule has 1 aliphatic heterocycles. The minimum atomic E-state index is -0.0695. The van der Waals surface area contributed by atoms with Gasteiger partial charge in [-0.3, -0.25) is 4.79 Å². The topological polar surface area (TPSA) is 115 Å². The highest BCUT2D eigenvalue weighted by molar-refractivity contribution is 7.10.